The van der Waals surface area contributed by atoms with Crippen molar-refractivity contribution in [3.8, 4) is 5.75 Å². The Labute approximate surface area is 210 Å². The van der Waals surface area contributed by atoms with E-state index in [0.29, 0.717) is 32.1 Å². The second-order valence-electron chi connectivity index (χ2n) is 7.05. The molecule has 6 nitrogen and oxygen atoms in total. The van der Waals surface area contributed by atoms with Crippen molar-refractivity contribution < 1.29 is 18.7 Å². The molecule has 0 fully saturated rings. The second kappa shape index (κ2) is 12.4. The number of anilines is 1. The third-order valence-electron chi connectivity index (χ3n) is 4.47. The molecule has 2 N–H and O–H groups in total. The van der Waals surface area contributed by atoms with Crippen LogP contribution in [0.5, 0.6) is 5.75 Å². The Morgan fingerprint density at radius 2 is 1.59 bits per heavy atom. The van der Waals surface area contributed by atoms with E-state index in [9.17, 15) is 14.0 Å². The van der Waals surface area contributed by atoms with Gasteiger partial charge in [-0.15, -0.1) is 0 Å². The molecule has 0 bridgehead atoms. The van der Waals surface area contributed by atoms with E-state index in [1.807, 2.05) is 0 Å². The van der Waals surface area contributed by atoms with Gasteiger partial charge < -0.3 is 10.1 Å². The van der Waals surface area contributed by atoms with Gasteiger partial charge in [0, 0.05) is 44.7 Å². The summed E-state index contributed by atoms with van der Waals surface area (Å²) in [4.78, 5) is 24.0. The van der Waals surface area contributed by atoms with Gasteiger partial charge in [-0.3, -0.25) is 9.59 Å². The van der Waals surface area contributed by atoms with Gasteiger partial charge >= 0.3 is 0 Å². The summed E-state index contributed by atoms with van der Waals surface area (Å²) in [5, 5.41) is 7.97. The Bertz CT molecular complexity index is 1200. The number of amides is 2. The van der Waals surface area contributed by atoms with Gasteiger partial charge in [0.2, 0.25) is 11.8 Å². The summed E-state index contributed by atoms with van der Waals surface area (Å²) in [6, 6.07) is 15.4. The van der Waals surface area contributed by atoms with Crippen molar-refractivity contribution >= 4 is 58.5 Å². The molecule has 0 saturated heterocycles. The summed E-state index contributed by atoms with van der Waals surface area (Å²) in [6.07, 6.45) is 1.24. The number of hydrogen-bond donors (Lipinski definition) is 2. The van der Waals surface area contributed by atoms with Gasteiger partial charge in [0.15, 0.2) is 0 Å². The standard InChI is InChI=1S/C24H19Cl3FN3O3/c25-17-3-8-22(34-14-15-1-2-18(26)12-21(15)27)16(11-17)13-29-31-24(33)10-9-23(32)30-20-6-4-19(28)5-7-20/h1-8,11-13H,9-10,14H2,(H,30,32)(H,31,33). The Hall–Kier alpha value is -3.13. The van der Waals surface area contributed by atoms with Crippen LogP contribution in [0, 0.1) is 5.82 Å². The molecular formula is C24H19Cl3FN3O3. The first kappa shape index (κ1) is 25.5. The summed E-state index contributed by atoms with van der Waals surface area (Å²) in [7, 11) is 0. The van der Waals surface area contributed by atoms with Crippen LogP contribution in [-0.2, 0) is 16.2 Å². The highest BCUT2D eigenvalue weighted by Crippen LogP contribution is 2.25. The molecule has 0 atom stereocenters. The molecule has 0 aliphatic heterocycles. The number of carbonyl (C=O) groups is 2. The van der Waals surface area contributed by atoms with Crippen molar-refractivity contribution in [1.82, 2.24) is 5.43 Å². The zero-order valence-corrected chi connectivity index (χ0v) is 19.9. The van der Waals surface area contributed by atoms with Crippen LogP contribution in [0.4, 0.5) is 10.1 Å². The first-order valence-corrected chi connectivity index (χ1v) is 11.2. The van der Waals surface area contributed by atoms with Crippen LogP contribution in [0.25, 0.3) is 0 Å². The highest BCUT2D eigenvalue weighted by Gasteiger charge is 2.09. The minimum Gasteiger partial charge on any atom is -0.488 e. The summed E-state index contributed by atoms with van der Waals surface area (Å²) < 4.78 is 18.7. The lowest BCUT2D eigenvalue weighted by Gasteiger charge is -2.11. The molecule has 0 saturated carbocycles. The summed E-state index contributed by atoms with van der Waals surface area (Å²) >= 11 is 18.2. The molecule has 2 amide bonds. The highest BCUT2D eigenvalue weighted by atomic mass is 35.5. The summed E-state index contributed by atoms with van der Waals surface area (Å²) in [6.45, 7) is 0.188. The molecule has 10 heteroatoms. The number of hydrogen-bond acceptors (Lipinski definition) is 4. The fraction of sp³-hybridized carbons (Fsp3) is 0.125. The van der Waals surface area contributed by atoms with E-state index in [1.54, 1.807) is 36.4 Å². The van der Waals surface area contributed by atoms with Crippen molar-refractivity contribution in [1.29, 1.82) is 0 Å². The molecule has 0 heterocycles. The first-order valence-electron chi connectivity index (χ1n) is 10.0. The number of halogens is 4. The molecule has 176 valence electrons. The van der Waals surface area contributed by atoms with E-state index in [-0.39, 0.29) is 25.4 Å². The molecule has 0 spiro atoms. The van der Waals surface area contributed by atoms with Gasteiger partial charge in [0.05, 0.1) is 6.21 Å². The van der Waals surface area contributed by atoms with E-state index >= 15 is 0 Å². The van der Waals surface area contributed by atoms with Gasteiger partial charge in [0.1, 0.15) is 18.2 Å². The van der Waals surface area contributed by atoms with Crippen LogP contribution in [0.3, 0.4) is 0 Å². The average Bonchev–Trinajstić information content (AvgIpc) is 2.80. The molecule has 0 unspecified atom stereocenters. The molecule has 3 rings (SSSR count). The molecule has 0 aliphatic rings. The highest BCUT2D eigenvalue weighted by molar-refractivity contribution is 6.35. The maximum absolute atomic E-state index is 12.9. The Kier molecular flexibility index (Phi) is 9.27. The monoisotopic (exact) mass is 521 g/mol. The average molecular weight is 523 g/mol. The van der Waals surface area contributed by atoms with Crippen LogP contribution in [0.1, 0.15) is 24.0 Å². The summed E-state index contributed by atoms with van der Waals surface area (Å²) in [5.41, 5.74) is 4.08. The van der Waals surface area contributed by atoms with Gasteiger partial charge in [0.25, 0.3) is 0 Å². The van der Waals surface area contributed by atoms with Gasteiger partial charge in [-0.1, -0.05) is 40.9 Å². The Balaban J connectivity index is 1.52. The van der Waals surface area contributed by atoms with Crippen LogP contribution in [0.2, 0.25) is 15.1 Å². The maximum atomic E-state index is 12.9. The number of nitrogens with zero attached hydrogens (tertiary/aromatic N) is 1. The number of rotatable bonds is 9. The van der Waals surface area contributed by atoms with E-state index < -0.39 is 11.7 Å². The number of hydrazone groups is 1. The van der Waals surface area contributed by atoms with Gasteiger partial charge in [-0.2, -0.15) is 5.10 Å². The van der Waals surface area contributed by atoms with Crippen LogP contribution in [-0.4, -0.2) is 18.0 Å². The van der Waals surface area contributed by atoms with Crippen LogP contribution >= 0.6 is 34.8 Å². The Morgan fingerprint density at radius 3 is 2.32 bits per heavy atom. The van der Waals surface area contributed by atoms with Crippen LogP contribution < -0.4 is 15.5 Å². The van der Waals surface area contributed by atoms with Crippen molar-refractivity contribution in [2.24, 2.45) is 5.10 Å². The molecular weight excluding hydrogens is 504 g/mol. The molecule has 3 aromatic rings. The van der Waals surface area contributed by atoms with Gasteiger partial charge in [-0.05, 0) is 54.6 Å². The normalized spacial score (nSPS) is 10.8. The van der Waals surface area contributed by atoms with Crippen molar-refractivity contribution in [2.75, 3.05) is 5.32 Å². The lowest BCUT2D eigenvalue weighted by atomic mass is 10.2. The van der Waals surface area contributed by atoms with E-state index in [2.05, 4.69) is 15.8 Å². The SMILES string of the molecule is O=C(CCC(=O)Nc1ccc(F)cc1)NN=Cc1cc(Cl)ccc1OCc1ccc(Cl)cc1Cl. The minimum atomic E-state index is -0.456. The largest absolute Gasteiger partial charge is 0.488 e. The van der Waals surface area contributed by atoms with Crippen molar-refractivity contribution in [3.63, 3.8) is 0 Å². The molecule has 34 heavy (non-hydrogen) atoms. The topological polar surface area (TPSA) is 79.8 Å². The molecule has 0 radical (unpaired) electrons. The molecule has 0 aromatic heterocycles. The second-order valence-corrected chi connectivity index (χ2v) is 8.33. The number of carbonyl (C=O) groups excluding carboxylic acids is 2. The molecule has 0 aliphatic carbocycles. The maximum Gasteiger partial charge on any atom is 0.240 e. The smallest absolute Gasteiger partial charge is 0.240 e. The number of benzene rings is 3. The zero-order chi connectivity index (χ0) is 24.5. The quantitative estimate of drug-likeness (QED) is 0.258. The third kappa shape index (κ3) is 8.02. The predicted octanol–water partition coefficient (Wildman–Crippen LogP) is 6.23. The predicted molar refractivity (Wildman–Crippen MR) is 132 cm³/mol. The number of ether oxygens (including phenoxy) is 1. The van der Waals surface area contributed by atoms with E-state index in [0.717, 1.165) is 5.56 Å². The molecule has 3 aromatic carbocycles. The van der Waals surface area contributed by atoms with Crippen molar-refractivity contribution in [2.45, 2.75) is 19.4 Å². The fourth-order valence-electron chi connectivity index (χ4n) is 2.76. The number of nitrogens with one attached hydrogen (secondary N) is 2. The van der Waals surface area contributed by atoms with Crippen LogP contribution in [0.15, 0.2) is 65.8 Å². The minimum absolute atomic E-state index is 0.0634. The summed E-state index contributed by atoms with van der Waals surface area (Å²) in [5.74, 6) is -0.760. The van der Waals surface area contributed by atoms with Gasteiger partial charge in [-0.25, -0.2) is 9.82 Å². The fourth-order valence-corrected chi connectivity index (χ4v) is 3.40. The first-order chi connectivity index (χ1) is 16.3. The Morgan fingerprint density at radius 1 is 0.912 bits per heavy atom. The van der Waals surface area contributed by atoms with E-state index in [4.69, 9.17) is 39.5 Å². The lowest BCUT2D eigenvalue weighted by Crippen LogP contribution is -2.20. The van der Waals surface area contributed by atoms with Crippen molar-refractivity contribution in [3.05, 3.63) is 92.7 Å². The zero-order valence-electron chi connectivity index (χ0n) is 17.7. The lowest BCUT2D eigenvalue weighted by molar-refractivity contribution is -0.124. The third-order valence-corrected chi connectivity index (χ3v) is 5.29. The van der Waals surface area contributed by atoms with E-state index in [1.165, 1.54) is 30.5 Å².